The number of carboxylic acid groups (broad SMARTS) is 1. The van der Waals surface area contributed by atoms with Gasteiger partial charge in [-0.25, -0.2) is 0 Å². The molecule has 1 N–H and O–H groups in total. The molecule has 6 heteroatoms. The van der Waals surface area contributed by atoms with Crippen LogP contribution in [-0.4, -0.2) is 34.0 Å². The molecule has 1 aliphatic heterocycles. The second kappa shape index (κ2) is 10.6. The average Bonchev–Trinajstić information content (AvgIpc) is 2.84. The van der Waals surface area contributed by atoms with Gasteiger partial charge in [-0.15, -0.1) is 0 Å². The number of ether oxygens (including phenoxy) is 1. The fourth-order valence-electron chi connectivity index (χ4n) is 4.76. The number of fused-ring (bicyclic) bond motifs is 1. The van der Waals surface area contributed by atoms with Crippen molar-refractivity contribution in [3.63, 3.8) is 0 Å². The SMILES string of the molecule is CC1(Cc2ccc(Cl)cc2)CCc2cc(C(=O)N(CC(=O)O)Cc3ccc(C(C)(C)C)cc3)ccc2O1. The Morgan fingerprint density at radius 2 is 1.65 bits per heavy atom. The average molecular weight is 520 g/mol. The molecule has 0 aromatic heterocycles. The molecule has 0 fully saturated rings. The Balaban J connectivity index is 1.50. The summed E-state index contributed by atoms with van der Waals surface area (Å²) in [6.07, 6.45) is 2.33. The zero-order valence-electron chi connectivity index (χ0n) is 21.9. The van der Waals surface area contributed by atoms with Gasteiger partial charge >= 0.3 is 5.97 Å². The Kier molecular flexibility index (Phi) is 7.65. The first kappa shape index (κ1) is 26.7. The molecule has 37 heavy (non-hydrogen) atoms. The summed E-state index contributed by atoms with van der Waals surface area (Å²) in [5, 5.41) is 10.2. The van der Waals surface area contributed by atoms with Crippen molar-refractivity contribution in [3.05, 3.63) is 99.6 Å². The third-order valence-electron chi connectivity index (χ3n) is 6.89. The normalized spacial score (nSPS) is 17.0. The summed E-state index contributed by atoms with van der Waals surface area (Å²) in [5.74, 6) is -0.583. The molecule has 0 radical (unpaired) electrons. The minimum Gasteiger partial charge on any atom is -0.487 e. The van der Waals surface area contributed by atoms with E-state index in [-0.39, 0.29) is 30.0 Å². The number of carboxylic acids is 1. The van der Waals surface area contributed by atoms with Crippen molar-refractivity contribution in [3.8, 4) is 5.75 Å². The van der Waals surface area contributed by atoms with E-state index < -0.39 is 5.97 Å². The van der Waals surface area contributed by atoms with Crippen molar-refractivity contribution < 1.29 is 19.4 Å². The highest BCUT2D eigenvalue weighted by atomic mass is 35.5. The standard InChI is InChI=1S/C31H34ClNO4/c1-30(2,3)25-10-5-22(6-11-25)19-33(20-28(34)35)29(36)24-9-14-27-23(17-24)15-16-31(4,37-27)18-21-7-12-26(32)13-8-21/h5-14,17H,15-16,18-20H2,1-4H3,(H,34,35). The Morgan fingerprint density at radius 1 is 1.00 bits per heavy atom. The molecule has 194 valence electrons. The van der Waals surface area contributed by atoms with E-state index in [4.69, 9.17) is 16.3 Å². The second-order valence-electron chi connectivity index (χ2n) is 11.2. The molecule has 0 spiro atoms. The van der Waals surface area contributed by atoms with E-state index in [9.17, 15) is 14.7 Å². The van der Waals surface area contributed by atoms with Crippen molar-refractivity contribution in [2.45, 2.75) is 64.5 Å². The van der Waals surface area contributed by atoms with Crippen LogP contribution >= 0.6 is 11.6 Å². The highest BCUT2D eigenvalue weighted by molar-refractivity contribution is 6.30. The van der Waals surface area contributed by atoms with E-state index in [1.807, 2.05) is 60.7 Å². The monoisotopic (exact) mass is 519 g/mol. The minimum atomic E-state index is -1.04. The lowest BCUT2D eigenvalue weighted by molar-refractivity contribution is -0.137. The molecular weight excluding hydrogens is 486 g/mol. The van der Waals surface area contributed by atoms with Gasteiger partial charge in [0.05, 0.1) is 0 Å². The minimum absolute atomic E-state index is 0.0190. The molecule has 0 saturated heterocycles. The van der Waals surface area contributed by atoms with Crippen LogP contribution in [0.15, 0.2) is 66.7 Å². The van der Waals surface area contributed by atoms with Crippen molar-refractivity contribution in [2.24, 2.45) is 0 Å². The number of benzene rings is 3. The molecule has 1 aliphatic rings. The number of hydrogen-bond donors (Lipinski definition) is 1. The lowest BCUT2D eigenvalue weighted by Crippen LogP contribution is -2.39. The van der Waals surface area contributed by atoms with Gasteiger partial charge in [0.15, 0.2) is 0 Å². The van der Waals surface area contributed by atoms with Crippen LogP contribution < -0.4 is 4.74 Å². The Bertz CT molecular complexity index is 1280. The molecule has 0 aliphatic carbocycles. The number of carbonyl (C=O) groups is 2. The molecule has 1 heterocycles. The topological polar surface area (TPSA) is 66.8 Å². The molecule has 0 saturated carbocycles. The summed E-state index contributed by atoms with van der Waals surface area (Å²) in [6, 6.07) is 21.2. The van der Waals surface area contributed by atoms with Gasteiger partial charge < -0.3 is 14.7 Å². The smallest absolute Gasteiger partial charge is 0.323 e. The molecule has 3 aromatic carbocycles. The summed E-state index contributed by atoms with van der Waals surface area (Å²) < 4.78 is 6.40. The number of amides is 1. The van der Waals surface area contributed by atoms with Crippen LogP contribution in [0.2, 0.25) is 5.02 Å². The first-order chi connectivity index (χ1) is 17.4. The highest BCUT2D eigenvalue weighted by Crippen LogP contribution is 2.36. The van der Waals surface area contributed by atoms with E-state index in [1.165, 1.54) is 10.5 Å². The maximum atomic E-state index is 13.4. The zero-order valence-corrected chi connectivity index (χ0v) is 22.6. The number of halogens is 1. The predicted octanol–water partition coefficient (Wildman–Crippen LogP) is 6.69. The van der Waals surface area contributed by atoms with E-state index in [1.54, 1.807) is 6.07 Å². The molecule has 5 nitrogen and oxygen atoms in total. The van der Waals surface area contributed by atoms with Crippen molar-refractivity contribution in [1.82, 2.24) is 4.90 Å². The van der Waals surface area contributed by atoms with Crippen LogP contribution in [0.4, 0.5) is 0 Å². The van der Waals surface area contributed by atoms with Gasteiger partial charge in [-0.2, -0.15) is 0 Å². The van der Waals surface area contributed by atoms with Crippen LogP contribution in [0.1, 0.15) is 66.7 Å². The first-order valence-electron chi connectivity index (χ1n) is 12.6. The Morgan fingerprint density at radius 3 is 2.27 bits per heavy atom. The molecule has 4 rings (SSSR count). The number of aliphatic carboxylic acids is 1. The Hall–Kier alpha value is -3.31. The maximum absolute atomic E-state index is 13.4. The summed E-state index contributed by atoms with van der Waals surface area (Å²) in [7, 11) is 0. The summed E-state index contributed by atoms with van der Waals surface area (Å²) in [5.41, 5.74) is 4.32. The van der Waals surface area contributed by atoms with Crippen molar-refractivity contribution in [2.75, 3.05) is 6.54 Å². The van der Waals surface area contributed by atoms with Gasteiger partial charge in [-0.1, -0.05) is 68.8 Å². The maximum Gasteiger partial charge on any atom is 0.323 e. The number of aryl methyl sites for hydroxylation is 1. The lowest BCUT2D eigenvalue weighted by atomic mass is 9.86. The van der Waals surface area contributed by atoms with E-state index in [2.05, 4.69) is 27.7 Å². The van der Waals surface area contributed by atoms with Gasteiger partial charge in [0.25, 0.3) is 5.91 Å². The number of nitrogens with zero attached hydrogens (tertiary/aromatic N) is 1. The summed E-state index contributed by atoms with van der Waals surface area (Å²) in [4.78, 5) is 26.4. The zero-order chi connectivity index (χ0) is 26.8. The van der Waals surface area contributed by atoms with Gasteiger partial charge in [0.2, 0.25) is 0 Å². The predicted molar refractivity (Wildman–Crippen MR) is 146 cm³/mol. The molecule has 0 bridgehead atoms. The van der Waals surface area contributed by atoms with Crippen LogP contribution in [0.5, 0.6) is 5.75 Å². The summed E-state index contributed by atoms with van der Waals surface area (Å²) >= 11 is 6.02. The van der Waals surface area contributed by atoms with Crippen molar-refractivity contribution in [1.29, 1.82) is 0 Å². The van der Waals surface area contributed by atoms with Crippen LogP contribution in [0.25, 0.3) is 0 Å². The van der Waals surface area contributed by atoms with E-state index >= 15 is 0 Å². The molecule has 3 aromatic rings. The van der Waals surface area contributed by atoms with Crippen LogP contribution in [0, 0.1) is 0 Å². The third-order valence-corrected chi connectivity index (χ3v) is 7.14. The van der Waals surface area contributed by atoms with Crippen LogP contribution in [-0.2, 0) is 29.6 Å². The second-order valence-corrected chi connectivity index (χ2v) is 11.6. The lowest BCUT2D eigenvalue weighted by Gasteiger charge is -2.36. The van der Waals surface area contributed by atoms with Crippen LogP contribution in [0.3, 0.4) is 0 Å². The molecule has 1 atom stereocenters. The first-order valence-corrected chi connectivity index (χ1v) is 13.0. The van der Waals surface area contributed by atoms with Gasteiger partial charge in [-0.3, -0.25) is 9.59 Å². The Labute approximate surface area is 224 Å². The van der Waals surface area contributed by atoms with E-state index in [0.717, 1.165) is 41.7 Å². The molecular formula is C31H34ClNO4. The third kappa shape index (κ3) is 6.72. The van der Waals surface area contributed by atoms with Gasteiger partial charge in [0.1, 0.15) is 17.9 Å². The van der Waals surface area contributed by atoms with Gasteiger partial charge in [0, 0.05) is 23.6 Å². The molecule has 1 unspecified atom stereocenters. The van der Waals surface area contributed by atoms with Gasteiger partial charge in [-0.05, 0) is 77.8 Å². The number of rotatable bonds is 7. The quantitative estimate of drug-likeness (QED) is 0.377. The molecule has 1 amide bonds. The fraction of sp³-hybridized carbons (Fsp3) is 0.355. The fourth-order valence-corrected chi connectivity index (χ4v) is 4.88. The number of carbonyl (C=O) groups excluding carboxylic acids is 1. The number of hydrogen-bond acceptors (Lipinski definition) is 3. The summed E-state index contributed by atoms with van der Waals surface area (Å²) in [6.45, 7) is 8.38. The van der Waals surface area contributed by atoms with Crippen molar-refractivity contribution >= 4 is 23.5 Å². The van der Waals surface area contributed by atoms with E-state index in [0.29, 0.717) is 10.6 Å². The largest absolute Gasteiger partial charge is 0.487 e. The highest BCUT2D eigenvalue weighted by Gasteiger charge is 2.32.